The van der Waals surface area contributed by atoms with Crippen LogP contribution in [0.2, 0.25) is 0 Å². The van der Waals surface area contributed by atoms with Crippen LogP contribution < -0.4 is 4.72 Å². The highest BCUT2D eigenvalue weighted by atomic mass is 79.9. The molecule has 0 saturated heterocycles. The van der Waals surface area contributed by atoms with Crippen molar-refractivity contribution >= 4 is 31.8 Å². The van der Waals surface area contributed by atoms with Crippen LogP contribution in [0.4, 0.5) is 5.82 Å². The molecule has 0 radical (unpaired) electrons. The smallest absolute Gasteiger partial charge is 0.263 e. The first kappa shape index (κ1) is 17.7. The zero-order chi connectivity index (χ0) is 18.0. The molecule has 1 aromatic heterocycles. The molecule has 130 valence electrons. The molecule has 1 N–H and O–H groups in total. The lowest BCUT2D eigenvalue weighted by molar-refractivity contribution is 0.600. The normalized spacial score (nSPS) is 11.5. The van der Waals surface area contributed by atoms with E-state index in [9.17, 15) is 8.42 Å². The third-order valence-electron chi connectivity index (χ3n) is 3.76. The molecule has 7 heteroatoms. The standard InChI is InChI=1S/C18H18BrN3O2S/c1-13-3-8-17(14(2)11-13)25(23,24)21-18-9-10-22(20-18)12-15-4-6-16(19)7-5-15/h3-11H,12H2,1-2H3,(H,20,21). The predicted octanol–water partition coefficient (Wildman–Crippen LogP) is 4.11. The number of aryl methyl sites for hydroxylation is 2. The molecule has 0 aliphatic rings. The molecule has 0 bridgehead atoms. The van der Waals surface area contributed by atoms with E-state index in [1.54, 1.807) is 36.0 Å². The third kappa shape index (κ3) is 4.29. The van der Waals surface area contributed by atoms with Crippen LogP contribution >= 0.6 is 15.9 Å². The maximum atomic E-state index is 12.6. The third-order valence-corrected chi connectivity index (χ3v) is 5.80. The minimum Gasteiger partial charge on any atom is -0.266 e. The molecule has 2 aromatic carbocycles. The second kappa shape index (κ2) is 7.01. The average molecular weight is 420 g/mol. The van der Waals surface area contributed by atoms with E-state index in [1.807, 2.05) is 37.3 Å². The van der Waals surface area contributed by atoms with Crippen LogP contribution in [-0.2, 0) is 16.6 Å². The molecule has 0 unspecified atom stereocenters. The van der Waals surface area contributed by atoms with Gasteiger partial charge in [0.25, 0.3) is 10.0 Å². The molecule has 0 aliphatic heterocycles. The summed E-state index contributed by atoms with van der Waals surface area (Å²) in [5.41, 5.74) is 2.81. The fourth-order valence-electron chi connectivity index (χ4n) is 2.57. The maximum absolute atomic E-state index is 12.6. The van der Waals surface area contributed by atoms with Gasteiger partial charge in [-0.2, -0.15) is 5.10 Å². The average Bonchev–Trinajstić information content (AvgIpc) is 2.95. The van der Waals surface area contributed by atoms with Crippen LogP contribution in [0.15, 0.2) is 64.1 Å². The molecule has 0 fully saturated rings. The zero-order valence-electron chi connectivity index (χ0n) is 13.9. The quantitative estimate of drug-likeness (QED) is 0.676. The minimum atomic E-state index is -3.66. The van der Waals surface area contributed by atoms with Gasteiger partial charge in [0.15, 0.2) is 5.82 Å². The Morgan fingerprint density at radius 1 is 1.08 bits per heavy atom. The van der Waals surface area contributed by atoms with Crippen LogP contribution in [0.5, 0.6) is 0 Å². The molecule has 0 aliphatic carbocycles. The van der Waals surface area contributed by atoms with Crippen LogP contribution in [0.3, 0.4) is 0 Å². The van der Waals surface area contributed by atoms with Crippen molar-refractivity contribution in [3.63, 3.8) is 0 Å². The fraction of sp³-hybridized carbons (Fsp3) is 0.167. The summed E-state index contributed by atoms with van der Waals surface area (Å²) in [5, 5.41) is 4.30. The molecule has 0 spiro atoms. The van der Waals surface area contributed by atoms with Crippen molar-refractivity contribution in [2.45, 2.75) is 25.3 Å². The number of hydrogen-bond acceptors (Lipinski definition) is 3. The molecule has 25 heavy (non-hydrogen) atoms. The molecular formula is C18H18BrN3O2S. The number of aromatic nitrogens is 2. The van der Waals surface area contributed by atoms with Crippen LogP contribution in [0, 0.1) is 13.8 Å². The van der Waals surface area contributed by atoms with Gasteiger partial charge in [0.1, 0.15) is 0 Å². The van der Waals surface area contributed by atoms with E-state index in [0.717, 1.165) is 15.6 Å². The van der Waals surface area contributed by atoms with E-state index in [2.05, 4.69) is 25.8 Å². The van der Waals surface area contributed by atoms with Gasteiger partial charge >= 0.3 is 0 Å². The number of hydrogen-bond donors (Lipinski definition) is 1. The summed E-state index contributed by atoms with van der Waals surface area (Å²) in [6.45, 7) is 4.28. The second-order valence-electron chi connectivity index (χ2n) is 5.90. The van der Waals surface area contributed by atoms with E-state index < -0.39 is 10.0 Å². The Kier molecular flexibility index (Phi) is 4.96. The van der Waals surface area contributed by atoms with Gasteiger partial charge in [0.2, 0.25) is 0 Å². The van der Waals surface area contributed by atoms with E-state index in [0.29, 0.717) is 17.9 Å². The van der Waals surface area contributed by atoms with Gasteiger partial charge < -0.3 is 0 Å². The lowest BCUT2D eigenvalue weighted by atomic mass is 10.2. The Bertz CT molecular complexity index is 995. The summed E-state index contributed by atoms with van der Waals surface area (Å²) >= 11 is 3.40. The van der Waals surface area contributed by atoms with Gasteiger partial charge in [-0.1, -0.05) is 45.8 Å². The second-order valence-corrected chi connectivity index (χ2v) is 8.47. The predicted molar refractivity (Wildman–Crippen MR) is 102 cm³/mol. The maximum Gasteiger partial charge on any atom is 0.263 e. The van der Waals surface area contributed by atoms with Crippen LogP contribution in [-0.4, -0.2) is 18.2 Å². The van der Waals surface area contributed by atoms with Crippen molar-refractivity contribution in [2.24, 2.45) is 0 Å². The monoisotopic (exact) mass is 419 g/mol. The van der Waals surface area contributed by atoms with Crippen molar-refractivity contribution in [1.82, 2.24) is 9.78 Å². The van der Waals surface area contributed by atoms with Gasteiger partial charge in [-0.15, -0.1) is 0 Å². The Balaban J connectivity index is 1.77. The first-order valence-electron chi connectivity index (χ1n) is 7.71. The Morgan fingerprint density at radius 2 is 1.80 bits per heavy atom. The summed E-state index contributed by atoms with van der Waals surface area (Å²) in [7, 11) is -3.66. The number of benzene rings is 2. The van der Waals surface area contributed by atoms with E-state index in [1.165, 1.54) is 0 Å². The van der Waals surface area contributed by atoms with Gasteiger partial charge in [-0.25, -0.2) is 8.42 Å². The summed E-state index contributed by atoms with van der Waals surface area (Å²) in [5.74, 6) is 0.303. The van der Waals surface area contributed by atoms with E-state index in [-0.39, 0.29) is 4.90 Å². The summed E-state index contributed by atoms with van der Waals surface area (Å²) < 4.78 is 30.4. The Morgan fingerprint density at radius 3 is 2.48 bits per heavy atom. The SMILES string of the molecule is Cc1ccc(S(=O)(=O)Nc2ccn(Cc3ccc(Br)cc3)n2)c(C)c1. The molecule has 3 rings (SSSR count). The van der Waals surface area contributed by atoms with Crippen molar-refractivity contribution in [3.8, 4) is 0 Å². The highest BCUT2D eigenvalue weighted by Gasteiger charge is 2.18. The largest absolute Gasteiger partial charge is 0.266 e. The summed E-state index contributed by atoms with van der Waals surface area (Å²) in [6, 6.07) is 14.8. The molecule has 5 nitrogen and oxygen atoms in total. The van der Waals surface area contributed by atoms with Gasteiger partial charge in [-0.05, 0) is 43.2 Å². The van der Waals surface area contributed by atoms with E-state index >= 15 is 0 Å². The molecule has 0 saturated carbocycles. The van der Waals surface area contributed by atoms with Crippen molar-refractivity contribution in [2.75, 3.05) is 4.72 Å². The first-order chi connectivity index (χ1) is 11.8. The molecule has 1 heterocycles. The van der Waals surface area contributed by atoms with Gasteiger partial charge in [-0.3, -0.25) is 9.40 Å². The summed E-state index contributed by atoms with van der Waals surface area (Å²) in [6.07, 6.45) is 1.75. The van der Waals surface area contributed by atoms with Crippen molar-refractivity contribution in [3.05, 3.63) is 75.9 Å². The first-order valence-corrected chi connectivity index (χ1v) is 9.99. The minimum absolute atomic E-state index is 0.264. The lowest BCUT2D eigenvalue weighted by Crippen LogP contribution is -2.15. The van der Waals surface area contributed by atoms with Gasteiger partial charge in [0, 0.05) is 16.7 Å². The molecule has 0 amide bonds. The van der Waals surface area contributed by atoms with Crippen molar-refractivity contribution < 1.29 is 8.42 Å². The Hall–Kier alpha value is -2.12. The summed E-state index contributed by atoms with van der Waals surface area (Å²) in [4.78, 5) is 0.264. The van der Waals surface area contributed by atoms with E-state index in [4.69, 9.17) is 0 Å². The Labute approximate surface area is 155 Å². The molecule has 0 atom stereocenters. The molecule has 3 aromatic rings. The lowest BCUT2D eigenvalue weighted by Gasteiger charge is -2.09. The highest BCUT2D eigenvalue weighted by Crippen LogP contribution is 2.20. The fourth-order valence-corrected chi connectivity index (χ4v) is 4.06. The number of rotatable bonds is 5. The number of anilines is 1. The number of halogens is 1. The number of sulfonamides is 1. The number of nitrogens with zero attached hydrogens (tertiary/aromatic N) is 2. The van der Waals surface area contributed by atoms with Crippen LogP contribution in [0.25, 0.3) is 0 Å². The van der Waals surface area contributed by atoms with Crippen LogP contribution in [0.1, 0.15) is 16.7 Å². The number of nitrogens with one attached hydrogen (secondary N) is 1. The zero-order valence-corrected chi connectivity index (χ0v) is 16.3. The highest BCUT2D eigenvalue weighted by molar-refractivity contribution is 9.10. The molecular weight excluding hydrogens is 402 g/mol. The topological polar surface area (TPSA) is 64.0 Å². The van der Waals surface area contributed by atoms with Gasteiger partial charge in [0.05, 0.1) is 11.4 Å². The van der Waals surface area contributed by atoms with Crippen molar-refractivity contribution in [1.29, 1.82) is 0 Å².